The van der Waals surface area contributed by atoms with Crippen LogP contribution in [0.1, 0.15) is 23.7 Å². The van der Waals surface area contributed by atoms with Crippen LogP contribution in [0.4, 0.5) is 13.2 Å². The highest BCUT2D eigenvalue weighted by Gasteiger charge is 2.29. The van der Waals surface area contributed by atoms with Crippen molar-refractivity contribution < 1.29 is 17.9 Å². The Bertz CT molecular complexity index is 736. The summed E-state index contributed by atoms with van der Waals surface area (Å²) in [5.41, 5.74) is 0.804. The number of halogens is 4. The Hall–Kier alpha value is -2.04. The first-order valence-corrected chi connectivity index (χ1v) is 8.10. The van der Waals surface area contributed by atoms with Crippen LogP contribution in [-0.2, 0) is 19.3 Å². The third-order valence-corrected chi connectivity index (χ3v) is 3.47. The highest BCUT2D eigenvalue weighted by Crippen LogP contribution is 2.29. The molecule has 5 nitrogen and oxygen atoms in total. The molecule has 0 saturated heterocycles. The molecular weight excluding hydrogens is 472 g/mol. The molecule has 0 amide bonds. The number of hydrogen-bond acceptors (Lipinski definition) is 3. The Labute approximate surface area is 173 Å². The minimum absolute atomic E-state index is 0. The maximum absolute atomic E-state index is 12.6. The van der Waals surface area contributed by atoms with Gasteiger partial charge in [-0.2, -0.15) is 13.2 Å². The molecule has 9 heteroatoms. The lowest BCUT2D eigenvalue weighted by molar-refractivity contribution is -0.137. The highest BCUT2D eigenvalue weighted by atomic mass is 127. The quantitative estimate of drug-likeness (QED) is 0.363. The van der Waals surface area contributed by atoms with Gasteiger partial charge in [-0.15, -0.1) is 24.0 Å². The molecule has 0 spiro atoms. The molecule has 2 N–H and O–H groups in total. The molecule has 0 saturated carbocycles. The molecule has 0 radical (unpaired) electrons. The molecule has 0 unspecified atom stereocenters. The van der Waals surface area contributed by atoms with Crippen molar-refractivity contribution in [3.63, 3.8) is 0 Å². The number of nitrogens with zero attached hydrogens (tertiary/aromatic N) is 2. The van der Waals surface area contributed by atoms with Crippen LogP contribution in [-0.4, -0.2) is 24.6 Å². The zero-order valence-electron chi connectivity index (χ0n) is 15.0. The van der Waals surface area contributed by atoms with E-state index in [1.54, 1.807) is 13.2 Å². The third-order valence-electron chi connectivity index (χ3n) is 3.47. The van der Waals surface area contributed by atoms with Gasteiger partial charge in [0.05, 0.1) is 31.5 Å². The Balaban J connectivity index is 0.00000364. The minimum Gasteiger partial charge on any atom is -0.481 e. The van der Waals surface area contributed by atoms with Gasteiger partial charge in [0.1, 0.15) is 0 Å². The van der Waals surface area contributed by atoms with Crippen molar-refractivity contribution in [1.82, 2.24) is 15.6 Å². The molecule has 27 heavy (non-hydrogen) atoms. The maximum Gasteiger partial charge on any atom is 0.416 e. The molecular formula is C18H22F3IN4O. The Morgan fingerprint density at radius 1 is 1.11 bits per heavy atom. The summed E-state index contributed by atoms with van der Waals surface area (Å²) in [5, 5.41) is 6.22. The van der Waals surface area contributed by atoms with Gasteiger partial charge in [-0.25, -0.2) is 9.98 Å². The van der Waals surface area contributed by atoms with E-state index in [1.165, 1.54) is 12.1 Å². The zero-order chi connectivity index (χ0) is 19.0. The molecule has 0 aliphatic heterocycles. The van der Waals surface area contributed by atoms with E-state index < -0.39 is 11.7 Å². The summed E-state index contributed by atoms with van der Waals surface area (Å²) in [6.45, 7) is 3.29. The van der Waals surface area contributed by atoms with Gasteiger partial charge in [-0.3, -0.25) is 0 Å². The number of alkyl halides is 3. The lowest BCUT2D eigenvalue weighted by Gasteiger charge is -2.12. The van der Waals surface area contributed by atoms with Gasteiger partial charge in [-0.1, -0.05) is 18.2 Å². The van der Waals surface area contributed by atoms with Gasteiger partial charge in [0.15, 0.2) is 5.96 Å². The van der Waals surface area contributed by atoms with Gasteiger partial charge in [-0.05, 0) is 30.7 Å². The summed E-state index contributed by atoms with van der Waals surface area (Å²) in [5.74, 6) is 1.08. The molecule has 0 atom stereocenters. The van der Waals surface area contributed by atoms with Crippen molar-refractivity contribution in [1.29, 1.82) is 0 Å². The number of aromatic nitrogens is 1. The predicted octanol–water partition coefficient (Wildman–Crippen LogP) is 3.98. The number of aliphatic imine (C=N–C) groups is 1. The molecule has 1 aromatic heterocycles. The standard InChI is InChI=1S/C18H21F3N4O.HI/c1-3-22-17(24-12-15-5-4-6-16(25-15)26-2)23-11-13-7-9-14(10-8-13)18(19,20)21;/h4-10H,3,11-12H2,1-2H3,(H2,22,23,24);1H. The van der Waals surface area contributed by atoms with E-state index in [1.807, 2.05) is 19.1 Å². The number of benzene rings is 1. The lowest BCUT2D eigenvalue weighted by atomic mass is 10.1. The summed E-state index contributed by atoms with van der Waals surface area (Å²) in [4.78, 5) is 8.69. The lowest BCUT2D eigenvalue weighted by Crippen LogP contribution is -2.37. The Morgan fingerprint density at radius 2 is 1.81 bits per heavy atom. The highest BCUT2D eigenvalue weighted by molar-refractivity contribution is 14.0. The molecule has 0 fully saturated rings. The third kappa shape index (κ3) is 7.61. The Morgan fingerprint density at radius 3 is 2.41 bits per heavy atom. The fraction of sp³-hybridized carbons (Fsp3) is 0.333. The SMILES string of the molecule is CCNC(=NCc1ccc(C(F)(F)F)cc1)NCc1cccc(OC)n1.I. The zero-order valence-corrected chi connectivity index (χ0v) is 17.3. The number of guanidine groups is 1. The molecule has 0 aliphatic carbocycles. The van der Waals surface area contributed by atoms with E-state index in [0.717, 1.165) is 17.8 Å². The largest absolute Gasteiger partial charge is 0.481 e. The van der Waals surface area contributed by atoms with Gasteiger partial charge in [0.25, 0.3) is 0 Å². The van der Waals surface area contributed by atoms with Crippen molar-refractivity contribution >= 4 is 29.9 Å². The van der Waals surface area contributed by atoms with E-state index in [4.69, 9.17) is 4.74 Å². The van der Waals surface area contributed by atoms with E-state index in [-0.39, 0.29) is 30.5 Å². The van der Waals surface area contributed by atoms with Crippen molar-refractivity contribution in [2.24, 2.45) is 4.99 Å². The van der Waals surface area contributed by atoms with Gasteiger partial charge >= 0.3 is 6.18 Å². The first kappa shape index (κ1) is 23.0. The second-order valence-electron chi connectivity index (χ2n) is 5.41. The van der Waals surface area contributed by atoms with Gasteiger partial charge in [0.2, 0.25) is 5.88 Å². The van der Waals surface area contributed by atoms with Crippen LogP contribution in [0.15, 0.2) is 47.5 Å². The second-order valence-corrected chi connectivity index (χ2v) is 5.41. The van der Waals surface area contributed by atoms with E-state index >= 15 is 0 Å². The average Bonchev–Trinajstić information content (AvgIpc) is 2.64. The summed E-state index contributed by atoms with van der Waals surface area (Å²) in [7, 11) is 1.55. The molecule has 148 valence electrons. The van der Waals surface area contributed by atoms with Crippen molar-refractivity contribution in [3.05, 3.63) is 59.3 Å². The van der Waals surface area contributed by atoms with Gasteiger partial charge in [0, 0.05) is 12.6 Å². The van der Waals surface area contributed by atoms with Crippen molar-refractivity contribution in [2.45, 2.75) is 26.2 Å². The first-order chi connectivity index (χ1) is 12.4. The molecule has 2 aromatic rings. The maximum atomic E-state index is 12.6. The van der Waals surface area contributed by atoms with Crippen LogP contribution in [0.25, 0.3) is 0 Å². The molecule has 1 aromatic carbocycles. The minimum atomic E-state index is -4.33. The van der Waals surface area contributed by atoms with Crippen molar-refractivity contribution in [2.75, 3.05) is 13.7 Å². The van der Waals surface area contributed by atoms with Crippen LogP contribution in [0.5, 0.6) is 5.88 Å². The molecule has 0 aliphatic rings. The monoisotopic (exact) mass is 494 g/mol. The van der Waals surface area contributed by atoms with Crippen LogP contribution >= 0.6 is 24.0 Å². The Kier molecular flexibility index (Phi) is 9.33. The summed E-state index contributed by atoms with van der Waals surface area (Å²) < 4.78 is 42.8. The van der Waals surface area contributed by atoms with Crippen molar-refractivity contribution in [3.8, 4) is 5.88 Å². The second kappa shape index (κ2) is 11.0. The fourth-order valence-corrected chi connectivity index (χ4v) is 2.16. The van der Waals surface area contributed by atoms with Crippen LogP contribution in [0, 0.1) is 0 Å². The average molecular weight is 494 g/mol. The number of ether oxygens (including phenoxy) is 1. The smallest absolute Gasteiger partial charge is 0.416 e. The summed E-state index contributed by atoms with van der Waals surface area (Å²) >= 11 is 0. The number of methoxy groups -OCH3 is 1. The molecule has 1 heterocycles. The van der Waals surface area contributed by atoms with Gasteiger partial charge < -0.3 is 15.4 Å². The predicted molar refractivity (Wildman–Crippen MR) is 109 cm³/mol. The normalized spacial score (nSPS) is 11.5. The van der Waals surface area contributed by atoms with Crippen LogP contribution in [0.3, 0.4) is 0 Å². The fourth-order valence-electron chi connectivity index (χ4n) is 2.16. The van der Waals surface area contributed by atoms with E-state index in [2.05, 4.69) is 20.6 Å². The molecule has 0 bridgehead atoms. The number of rotatable bonds is 6. The van der Waals surface area contributed by atoms with E-state index in [0.29, 0.717) is 30.5 Å². The summed E-state index contributed by atoms with van der Waals surface area (Å²) in [6.07, 6.45) is -4.33. The number of hydrogen-bond donors (Lipinski definition) is 2. The first-order valence-electron chi connectivity index (χ1n) is 8.10. The topological polar surface area (TPSA) is 58.5 Å². The van der Waals surface area contributed by atoms with Crippen LogP contribution in [0.2, 0.25) is 0 Å². The summed E-state index contributed by atoms with van der Waals surface area (Å²) in [6, 6.07) is 10.4. The molecule has 2 rings (SSSR count). The number of nitrogens with one attached hydrogen (secondary N) is 2. The number of pyridine rings is 1. The van der Waals surface area contributed by atoms with Crippen LogP contribution < -0.4 is 15.4 Å². The van der Waals surface area contributed by atoms with E-state index in [9.17, 15) is 13.2 Å².